The van der Waals surface area contributed by atoms with Crippen LogP contribution < -0.4 is 10.6 Å². The summed E-state index contributed by atoms with van der Waals surface area (Å²) in [5, 5.41) is 20.7. The second kappa shape index (κ2) is 6.65. The molecule has 9 heteroatoms. The highest BCUT2D eigenvalue weighted by molar-refractivity contribution is 5.74. The molecule has 2 N–H and O–H groups in total. The van der Waals surface area contributed by atoms with E-state index in [1.807, 2.05) is 0 Å². The number of carbonyl (C=O) groups is 1. The van der Waals surface area contributed by atoms with Gasteiger partial charge in [0.1, 0.15) is 12.2 Å². The van der Waals surface area contributed by atoms with Gasteiger partial charge in [-0.25, -0.2) is 14.5 Å². The minimum absolute atomic E-state index is 0.00699. The molecule has 24 heavy (non-hydrogen) atoms. The SMILES string of the molecule is C[C@@H](NC(=O)N[C@@H]1CCc2ncnn2C1)c1cccc([N+](=O)[O-])c1. The second-order valence-electron chi connectivity index (χ2n) is 5.79. The summed E-state index contributed by atoms with van der Waals surface area (Å²) in [5.74, 6) is 0.929. The van der Waals surface area contributed by atoms with Crippen LogP contribution in [0.5, 0.6) is 0 Å². The maximum atomic E-state index is 12.2. The molecule has 1 aliphatic heterocycles. The molecule has 3 rings (SSSR count). The van der Waals surface area contributed by atoms with Crippen molar-refractivity contribution in [3.8, 4) is 0 Å². The van der Waals surface area contributed by atoms with Crippen molar-refractivity contribution in [2.75, 3.05) is 0 Å². The highest BCUT2D eigenvalue weighted by Gasteiger charge is 2.22. The average molecular weight is 330 g/mol. The van der Waals surface area contributed by atoms with Gasteiger partial charge in [-0.3, -0.25) is 10.1 Å². The van der Waals surface area contributed by atoms with Crippen molar-refractivity contribution in [3.05, 3.63) is 52.1 Å². The Balaban J connectivity index is 1.57. The number of fused-ring (bicyclic) bond motifs is 1. The third-order valence-corrected chi connectivity index (χ3v) is 4.07. The number of non-ortho nitro benzene ring substituents is 1. The van der Waals surface area contributed by atoms with Crippen LogP contribution in [0.3, 0.4) is 0 Å². The van der Waals surface area contributed by atoms with Crippen molar-refractivity contribution in [2.24, 2.45) is 0 Å². The van der Waals surface area contributed by atoms with E-state index in [9.17, 15) is 14.9 Å². The number of hydrogen-bond acceptors (Lipinski definition) is 5. The molecule has 0 unspecified atom stereocenters. The fourth-order valence-electron chi connectivity index (χ4n) is 2.77. The Kier molecular flexibility index (Phi) is 4.41. The van der Waals surface area contributed by atoms with Crippen LogP contribution in [0.1, 0.15) is 30.8 Å². The van der Waals surface area contributed by atoms with Gasteiger partial charge in [0.05, 0.1) is 23.6 Å². The lowest BCUT2D eigenvalue weighted by Gasteiger charge is -2.24. The zero-order valence-electron chi connectivity index (χ0n) is 13.2. The van der Waals surface area contributed by atoms with Crippen LogP contribution in [0.25, 0.3) is 0 Å². The number of carbonyl (C=O) groups excluding carboxylic acids is 1. The van der Waals surface area contributed by atoms with Crippen molar-refractivity contribution >= 4 is 11.7 Å². The normalized spacial score (nSPS) is 17.6. The predicted octanol–water partition coefficient (Wildman–Crippen LogP) is 1.56. The van der Waals surface area contributed by atoms with Gasteiger partial charge in [-0.05, 0) is 18.9 Å². The Morgan fingerprint density at radius 1 is 1.50 bits per heavy atom. The maximum absolute atomic E-state index is 12.2. The van der Waals surface area contributed by atoms with Gasteiger partial charge in [-0.1, -0.05) is 12.1 Å². The number of nitrogens with one attached hydrogen (secondary N) is 2. The van der Waals surface area contributed by atoms with Crippen LogP contribution in [-0.4, -0.2) is 31.8 Å². The summed E-state index contributed by atoms with van der Waals surface area (Å²) in [7, 11) is 0. The van der Waals surface area contributed by atoms with Gasteiger partial charge >= 0.3 is 6.03 Å². The number of aromatic nitrogens is 3. The van der Waals surface area contributed by atoms with E-state index in [1.54, 1.807) is 23.7 Å². The zero-order chi connectivity index (χ0) is 17.1. The van der Waals surface area contributed by atoms with Crippen LogP contribution in [0.2, 0.25) is 0 Å². The first-order valence-electron chi connectivity index (χ1n) is 7.71. The molecule has 1 aromatic heterocycles. The molecule has 2 heterocycles. The third-order valence-electron chi connectivity index (χ3n) is 4.07. The van der Waals surface area contributed by atoms with Crippen LogP contribution in [-0.2, 0) is 13.0 Å². The van der Waals surface area contributed by atoms with Gasteiger partial charge < -0.3 is 10.6 Å². The predicted molar refractivity (Wildman–Crippen MR) is 85.3 cm³/mol. The molecule has 2 amide bonds. The van der Waals surface area contributed by atoms with E-state index in [1.165, 1.54) is 18.5 Å². The van der Waals surface area contributed by atoms with Gasteiger partial charge in [0.25, 0.3) is 5.69 Å². The van der Waals surface area contributed by atoms with Crippen LogP contribution >= 0.6 is 0 Å². The lowest BCUT2D eigenvalue weighted by molar-refractivity contribution is -0.384. The maximum Gasteiger partial charge on any atom is 0.315 e. The number of nitro benzene ring substituents is 1. The number of benzene rings is 1. The van der Waals surface area contributed by atoms with E-state index < -0.39 is 4.92 Å². The average Bonchev–Trinajstić information content (AvgIpc) is 3.02. The minimum Gasteiger partial charge on any atom is -0.334 e. The number of aryl methyl sites for hydroxylation is 1. The van der Waals surface area contributed by atoms with E-state index in [2.05, 4.69) is 20.7 Å². The first-order chi connectivity index (χ1) is 11.5. The molecule has 126 valence electrons. The highest BCUT2D eigenvalue weighted by atomic mass is 16.6. The molecule has 1 aromatic carbocycles. The van der Waals surface area contributed by atoms with E-state index >= 15 is 0 Å². The van der Waals surface area contributed by atoms with Crippen LogP contribution in [0, 0.1) is 10.1 Å². The molecule has 0 spiro atoms. The highest BCUT2D eigenvalue weighted by Crippen LogP contribution is 2.19. The number of rotatable bonds is 4. The summed E-state index contributed by atoms with van der Waals surface area (Å²) >= 11 is 0. The van der Waals surface area contributed by atoms with Gasteiger partial charge in [-0.15, -0.1) is 0 Å². The first kappa shape index (κ1) is 15.9. The summed E-state index contributed by atoms with van der Waals surface area (Å²) in [6.45, 7) is 2.38. The summed E-state index contributed by atoms with van der Waals surface area (Å²) < 4.78 is 1.79. The molecule has 0 saturated carbocycles. The van der Waals surface area contributed by atoms with Crippen molar-refractivity contribution < 1.29 is 9.72 Å². The van der Waals surface area contributed by atoms with E-state index in [0.29, 0.717) is 12.1 Å². The Bertz CT molecular complexity index is 759. The third kappa shape index (κ3) is 3.50. The Morgan fingerprint density at radius 2 is 2.33 bits per heavy atom. The van der Waals surface area contributed by atoms with Crippen molar-refractivity contribution in [3.63, 3.8) is 0 Å². The number of hydrogen-bond donors (Lipinski definition) is 2. The molecule has 0 aliphatic carbocycles. The molecule has 0 fully saturated rings. The first-order valence-corrected chi connectivity index (χ1v) is 7.71. The standard InChI is InChI=1S/C15H18N6O3/c1-10(11-3-2-4-13(7-11)21(23)24)18-15(22)19-12-5-6-14-16-9-17-20(14)8-12/h2-4,7,9-10,12H,5-6,8H2,1H3,(H2,18,19,22)/t10-,12-/m1/s1. The van der Waals surface area contributed by atoms with Gasteiger partial charge in [-0.2, -0.15) is 5.10 Å². The van der Waals surface area contributed by atoms with Crippen molar-refractivity contribution in [1.82, 2.24) is 25.4 Å². The monoisotopic (exact) mass is 330 g/mol. The summed E-state index contributed by atoms with van der Waals surface area (Å²) in [6.07, 6.45) is 3.09. The molecular weight excluding hydrogens is 312 g/mol. The lowest BCUT2D eigenvalue weighted by atomic mass is 10.1. The smallest absolute Gasteiger partial charge is 0.315 e. The van der Waals surface area contributed by atoms with E-state index in [0.717, 1.165) is 18.7 Å². The Hall–Kier alpha value is -2.97. The number of nitrogens with zero attached hydrogens (tertiary/aromatic N) is 4. The summed E-state index contributed by atoms with van der Waals surface area (Å²) in [4.78, 5) is 26.7. The topological polar surface area (TPSA) is 115 Å². The molecule has 0 bridgehead atoms. The van der Waals surface area contributed by atoms with Gasteiger partial charge in [0, 0.05) is 18.6 Å². The molecule has 0 saturated heterocycles. The minimum atomic E-state index is -0.450. The quantitative estimate of drug-likeness (QED) is 0.652. The van der Waals surface area contributed by atoms with Gasteiger partial charge in [0.2, 0.25) is 0 Å². The molecular formula is C15H18N6O3. The fraction of sp³-hybridized carbons (Fsp3) is 0.400. The molecule has 0 radical (unpaired) electrons. The van der Waals surface area contributed by atoms with Crippen LogP contribution in [0.15, 0.2) is 30.6 Å². The van der Waals surface area contributed by atoms with E-state index in [-0.39, 0.29) is 23.8 Å². The summed E-state index contributed by atoms with van der Waals surface area (Å²) in [6, 6.07) is 5.59. The molecule has 2 atom stereocenters. The van der Waals surface area contributed by atoms with E-state index in [4.69, 9.17) is 0 Å². The number of nitro groups is 1. The zero-order valence-corrected chi connectivity index (χ0v) is 13.2. The molecule has 2 aromatic rings. The Labute approximate surface area is 138 Å². The molecule has 9 nitrogen and oxygen atoms in total. The van der Waals surface area contributed by atoms with Gasteiger partial charge in [0.15, 0.2) is 0 Å². The largest absolute Gasteiger partial charge is 0.334 e. The molecule has 1 aliphatic rings. The fourth-order valence-corrected chi connectivity index (χ4v) is 2.77. The second-order valence-corrected chi connectivity index (χ2v) is 5.79. The number of amides is 2. The number of urea groups is 1. The Morgan fingerprint density at radius 3 is 3.12 bits per heavy atom. The van der Waals surface area contributed by atoms with Crippen LogP contribution in [0.4, 0.5) is 10.5 Å². The summed E-state index contributed by atoms with van der Waals surface area (Å²) in [5.41, 5.74) is 0.689. The van der Waals surface area contributed by atoms with Crippen molar-refractivity contribution in [2.45, 2.75) is 38.4 Å². The van der Waals surface area contributed by atoms with Crippen molar-refractivity contribution in [1.29, 1.82) is 0 Å². The lowest BCUT2D eigenvalue weighted by Crippen LogP contribution is -2.46.